The summed E-state index contributed by atoms with van der Waals surface area (Å²) >= 11 is 0. The Balaban J connectivity index is 0. The quantitative estimate of drug-likeness (QED) is 0.113. The Bertz CT molecular complexity index is 1250. The minimum absolute atomic E-state index is 0. The van der Waals surface area contributed by atoms with Crippen molar-refractivity contribution in [3.63, 3.8) is 0 Å². The number of nitrogens with zero attached hydrogens (tertiary/aromatic N) is 6. The molecule has 0 saturated carbocycles. The second kappa shape index (κ2) is 28.8. The van der Waals surface area contributed by atoms with Gasteiger partial charge < -0.3 is 42.6 Å². The fourth-order valence-corrected chi connectivity index (χ4v) is 5.11. The second-order valence-corrected chi connectivity index (χ2v) is 9.69. The molecule has 50 heavy (non-hydrogen) atoms. The van der Waals surface area contributed by atoms with E-state index in [4.69, 9.17) is 71.9 Å². The van der Waals surface area contributed by atoms with Crippen LogP contribution >= 0.6 is 0 Å². The molecule has 0 saturated heterocycles. The van der Waals surface area contributed by atoms with Gasteiger partial charge in [-0.2, -0.15) is 15.3 Å². The first kappa shape index (κ1) is 49.3. The van der Waals surface area contributed by atoms with E-state index < -0.39 is 6.29 Å². The van der Waals surface area contributed by atoms with Crippen LogP contribution in [0.25, 0.3) is 0 Å². The molecule has 0 aliphatic heterocycles. The van der Waals surface area contributed by atoms with Gasteiger partial charge in [0.25, 0.3) is 0 Å². The van der Waals surface area contributed by atoms with E-state index in [2.05, 4.69) is 20.0 Å². The second-order valence-electron chi connectivity index (χ2n) is 9.69. The average molecular weight is 794 g/mol. The zero-order chi connectivity index (χ0) is 37.4. The van der Waals surface area contributed by atoms with Crippen LogP contribution in [0, 0.1) is 20.0 Å². The number of methoxy groups -OCH3 is 9. The molecule has 3 aromatic rings. The minimum atomic E-state index is -0.788. The fraction of sp³-hybridized carbons (Fsp3) is 0.613. The van der Waals surface area contributed by atoms with Gasteiger partial charge in [-0.3, -0.25) is 0 Å². The summed E-state index contributed by atoms with van der Waals surface area (Å²) in [5, 5.41) is 15.2. The van der Waals surface area contributed by atoms with Crippen molar-refractivity contribution in [1.29, 1.82) is 0 Å². The molecule has 3 heterocycles. The van der Waals surface area contributed by atoms with Crippen LogP contribution in [0.15, 0.2) is 0 Å². The van der Waals surface area contributed by atoms with Crippen LogP contribution in [0.3, 0.4) is 0 Å². The van der Waals surface area contributed by atoms with Gasteiger partial charge in [-0.15, -0.1) is 0 Å². The predicted molar refractivity (Wildman–Crippen MR) is 165 cm³/mol. The van der Waals surface area contributed by atoms with Crippen LogP contribution in [0.2, 0.25) is 0 Å². The molecule has 0 bridgehead atoms. The molecule has 0 spiro atoms. The summed E-state index contributed by atoms with van der Waals surface area (Å²) in [6.45, 7) is 15.9. The molecule has 0 amide bonds. The Kier molecular flexibility index (Phi) is 28.4. The third kappa shape index (κ3) is 12.4. The molecule has 3 rings (SSSR count). The first-order valence-corrected chi connectivity index (χ1v) is 14.3. The summed E-state index contributed by atoms with van der Waals surface area (Å²) < 4.78 is 78.4. The van der Waals surface area contributed by atoms with Gasteiger partial charge in [0.05, 0.1) is 93.6 Å². The maximum absolute atomic E-state index is 7.50. The van der Waals surface area contributed by atoms with Crippen LogP contribution < -0.4 is 0 Å². The van der Waals surface area contributed by atoms with E-state index in [1.807, 2.05) is 14.0 Å². The molecule has 0 aliphatic carbocycles. The Morgan fingerprint density at radius 1 is 0.400 bits per heavy atom. The summed E-state index contributed by atoms with van der Waals surface area (Å²) in [7, 11) is 14.7. The molecule has 3 aromatic heterocycles. The number of aromatic nitrogens is 6. The molecule has 0 N–H and O–H groups in total. The predicted octanol–water partition coefficient (Wildman–Crippen LogP) is 2.03. The summed E-state index contributed by atoms with van der Waals surface area (Å²) in [6.07, 6.45) is -0.788. The van der Waals surface area contributed by atoms with Crippen LogP contribution in [-0.2, 0) is 136 Å². The molecular weight excluding hydrogens is 747 g/mol. The van der Waals surface area contributed by atoms with Crippen molar-refractivity contribution in [3.8, 4) is 0 Å². The van der Waals surface area contributed by atoms with Crippen molar-refractivity contribution in [1.82, 2.24) is 29.3 Å². The molecule has 0 aromatic carbocycles. The summed E-state index contributed by atoms with van der Waals surface area (Å²) in [4.78, 5) is 0. The van der Waals surface area contributed by atoms with E-state index in [0.29, 0.717) is 36.9 Å². The van der Waals surface area contributed by atoms with Crippen LogP contribution in [0.5, 0.6) is 0 Å². The van der Waals surface area contributed by atoms with Gasteiger partial charge in [0, 0.05) is 101 Å². The number of ether oxygens (including phenoxy) is 9. The Morgan fingerprint density at radius 2 is 0.600 bits per heavy atom. The molecule has 0 atom stereocenters. The monoisotopic (exact) mass is 793 g/mol. The fourth-order valence-electron chi connectivity index (χ4n) is 5.11. The molecule has 0 fully saturated rings. The zero-order valence-electron chi connectivity index (χ0n) is 29.9. The third-order valence-electron chi connectivity index (χ3n) is 6.81. The summed E-state index contributed by atoms with van der Waals surface area (Å²) in [5.74, 6) is 0. The molecule has 279 valence electrons. The molecule has 18 nitrogen and oxygen atoms in total. The van der Waals surface area contributed by atoms with Gasteiger partial charge in [0.15, 0.2) is 0 Å². The van der Waals surface area contributed by atoms with Gasteiger partial charge in [-0.25, -0.2) is 14.0 Å². The van der Waals surface area contributed by atoms with Crippen molar-refractivity contribution >= 4 is 0 Å². The van der Waals surface area contributed by atoms with E-state index in [0.717, 1.165) is 33.8 Å². The van der Waals surface area contributed by atoms with E-state index in [9.17, 15) is 0 Å². The van der Waals surface area contributed by atoms with Crippen molar-refractivity contribution in [3.05, 3.63) is 70.8 Å². The van der Waals surface area contributed by atoms with Crippen LogP contribution in [0.1, 0.15) is 57.1 Å². The van der Waals surface area contributed by atoms with Gasteiger partial charge in [0.1, 0.15) is 0 Å². The topological polar surface area (TPSA) is 196 Å². The molecule has 1 radical (unpaired) electrons. The van der Waals surface area contributed by atoms with E-state index in [1.54, 1.807) is 64.0 Å². The number of rotatable bonds is 21. The number of hydrogen-bond acceptors (Lipinski definition) is 12. The van der Waals surface area contributed by atoms with E-state index in [-0.39, 0.29) is 59.7 Å². The van der Waals surface area contributed by atoms with Gasteiger partial charge >= 0.3 is 33.9 Å². The van der Waals surface area contributed by atoms with Crippen molar-refractivity contribution in [2.45, 2.75) is 65.8 Å². The Labute approximate surface area is 306 Å². The van der Waals surface area contributed by atoms with Gasteiger partial charge in [0.2, 0.25) is 6.29 Å². The summed E-state index contributed by atoms with van der Waals surface area (Å²) in [6, 6.07) is 0. The van der Waals surface area contributed by atoms with E-state index in [1.165, 1.54) is 0 Å². The molecular formula is C31H46N6O12Tc. The van der Waals surface area contributed by atoms with Crippen LogP contribution in [-0.4, -0.2) is 93.3 Å². The van der Waals surface area contributed by atoms with Gasteiger partial charge in [-0.1, -0.05) is 0 Å². The normalized spacial score (nSPS) is 10.3. The maximum atomic E-state index is 7.50. The average Bonchev–Trinajstić information content (AvgIpc) is 3.74. The number of hydrogen-bond donors (Lipinski definition) is 0. The molecule has 0 unspecified atom stereocenters. The standard InChI is InChI=1S/C28H46N6O9.3CO.Tc/c1-35-10-19-22(13-38-4)29-32(25(19)16-41-7)28(33-26(17-42-8)20(11-36-2)23(30-33)14-39-5)34-27(18-43-9)21(12-37-3)24(31-34)15-40-6;3*1-2;/h28H,10-18H2,1-9H3;;;;/i;;;;1+1. The van der Waals surface area contributed by atoms with Crippen molar-refractivity contribution < 1.29 is 76.7 Å². The van der Waals surface area contributed by atoms with Crippen molar-refractivity contribution in [2.24, 2.45) is 0 Å². The molecule has 19 heteroatoms. The summed E-state index contributed by atoms with van der Waals surface area (Å²) in [5.41, 5.74) is 6.94. The van der Waals surface area contributed by atoms with Crippen LogP contribution in [0.4, 0.5) is 0 Å². The van der Waals surface area contributed by atoms with Gasteiger partial charge in [-0.05, 0) is 0 Å². The molecule has 0 aliphatic rings. The van der Waals surface area contributed by atoms with E-state index >= 15 is 0 Å². The van der Waals surface area contributed by atoms with Crippen molar-refractivity contribution in [2.75, 3.05) is 64.0 Å². The third-order valence-corrected chi connectivity index (χ3v) is 6.81. The first-order chi connectivity index (χ1) is 24.0. The Morgan fingerprint density at radius 3 is 0.780 bits per heavy atom. The Hall–Kier alpha value is -2.86. The SMILES string of the molecule is COCc1nn(C(n2nc(COC)c(COC)c2COC)n2nc(COC)c(COC)c2COC)c(COC)c1COC.[99Tc].[C-]#[O+].[C-]#[O+].[C-]#[O+]. The zero-order valence-corrected chi connectivity index (χ0v) is 31.8. The first-order valence-electron chi connectivity index (χ1n) is 14.3.